The van der Waals surface area contributed by atoms with E-state index in [1.807, 2.05) is 18.4 Å². The predicted molar refractivity (Wildman–Crippen MR) is 95.4 cm³/mol. The van der Waals surface area contributed by atoms with Crippen molar-refractivity contribution in [2.75, 3.05) is 5.01 Å². The Balaban J connectivity index is 2.30. The number of hydrazine groups is 2. The van der Waals surface area contributed by atoms with Crippen LogP contribution in [0.25, 0.3) is 0 Å². The van der Waals surface area contributed by atoms with Gasteiger partial charge in [-0.15, -0.1) is 0 Å². The van der Waals surface area contributed by atoms with E-state index < -0.39 is 6.03 Å². The summed E-state index contributed by atoms with van der Waals surface area (Å²) in [6, 6.07) is 8.02. The molecule has 0 fully saturated rings. The molecule has 8 heteroatoms. The fraction of sp³-hybridized carbons (Fsp3) is 0.188. The number of urea groups is 1. The molecule has 2 rings (SSSR count). The van der Waals surface area contributed by atoms with Gasteiger partial charge in [0.1, 0.15) is 18.1 Å². The predicted octanol–water partition coefficient (Wildman–Crippen LogP) is 2.61. The van der Waals surface area contributed by atoms with Crippen LogP contribution in [-0.4, -0.2) is 11.1 Å². The summed E-state index contributed by atoms with van der Waals surface area (Å²) in [6.07, 6.45) is 0. The molecule has 0 radical (unpaired) electrons. The molecule has 0 atom stereocenters. The maximum Gasteiger partial charge on any atom is 0.350 e. The van der Waals surface area contributed by atoms with E-state index >= 15 is 0 Å². The second-order valence-electron chi connectivity index (χ2n) is 5.25. The Morgan fingerprint density at radius 1 is 1.33 bits per heavy atom. The van der Waals surface area contributed by atoms with Crippen LogP contribution in [0.4, 0.5) is 10.5 Å². The molecular weight excluding hydrogens is 376 g/mol. The second kappa shape index (κ2) is 7.52. The third-order valence-electron chi connectivity index (χ3n) is 3.56. The van der Waals surface area contributed by atoms with Gasteiger partial charge in [0.15, 0.2) is 0 Å². The quantitative estimate of drug-likeness (QED) is 0.361. The number of nitrogens with one attached hydrogen (secondary N) is 1. The number of aryl methyl sites for hydroxylation is 2. The molecule has 7 nitrogen and oxygen atoms in total. The molecule has 0 bridgehead atoms. The molecule has 2 amide bonds. The number of rotatable bonds is 4. The van der Waals surface area contributed by atoms with Crippen molar-refractivity contribution < 1.29 is 14.6 Å². The molecule has 128 valence electrons. The van der Waals surface area contributed by atoms with E-state index in [9.17, 15) is 9.90 Å². The van der Waals surface area contributed by atoms with Crippen LogP contribution in [0.5, 0.6) is 11.5 Å². The van der Waals surface area contributed by atoms with Gasteiger partial charge in [0.25, 0.3) is 0 Å². The number of phenolic OH excluding ortho intramolecular Hbond substituents is 1. The average Bonchev–Trinajstić information content (AvgIpc) is 2.56. The molecule has 0 aliphatic heterocycles. The highest BCUT2D eigenvalue weighted by molar-refractivity contribution is 9.10. The van der Waals surface area contributed by atoms with Crippen LogP contribution in [0.2, 0.25) is 0 Å². The van der Waals surface area contributed by atoms with Crippen LogP contribution in [-0.2, 0) is 6.61 Å². The highest BCUT2D eigenvalue weighted by atomic mass is 79.9. The molecule has 0 heterocycles. The minimum atomic E-state index is -0.647. The lowest BCUT2D eigenvalue weighted by molar-refractivity contribution is 0.246. The molecule has 0 aliphatic carbocycles. The van der Waals surface area contributed by atoms with E-state index in [1.165, 1.54) is 0 Å². The van der Waals surface area contributed by atoms with E-state index in [1.54, 1.807) is 31.2 Å². The molecule has 2 aromatic rings. The van der Waals surface area contributed by atoms with Gasteiger partial charge in [-0.2, -0.15) is 0 Å². The molecule has 0 spiro atoms. The summed E-state index contributed by atoms with van der Waals surface area (Å²) < 4.78 is 6.60. The zero-order valence-electron chi connectivity index (χ0n) is 13.3. The van der Waals surface area contributed by atoms with Gasteiger partial charge >= 0.3 is 6.03 Å². The number of benzene rings is 2. The standard InChI is InChI=1S/C16H19BrN4O3/c1-9-7-15(10(2)6-14(9)22)24-8-11-12(17)4-3-5-13(11)21(19)16(23)20-18/h3-7,22H,8,18-19H2,1-2H3,(H,20,23). The number of nitrogens with zero attached hydrogens (tertiary/aromatic N) is 1. The first-order valence-corrected chi connectivity index (χ1v) is 7.90. The third-order valence-corrected chi connectivity index (χ3v) is 4.30. The highest BCUT2D eigenvalue weighted by Crippen LogP contribution is 2.31. The third kappa shape index (κ3) is 3.78. The molecule has 0 unspecified atom stereocenters. The molecule has 2 aromatic carbocycles. The van der Waals surface area contributed by atoms with Crippen molar-refractivity contribution in [3.8, 4) is 11.5 Å². The minimum Gasteiger partial charge on any atom is -0.508 e. The topological polar surface area (TPSA) is 114 Å². The molecule has 0 saturated carbocycles. The van der Waals surface area contributed by atoms with E-state index in [4.69, 9.17) is 16.4 Å². The van der Waals surface area contributed by atoms with Crippen LogP contribution >= 0.6 is 15.9 Å². The number of hydrogen-bond acceptors (Lipinski definition) is 5. The van der Waals surface area contributed by atoms with Gasteiger partial charge < -0.3 is 9.84 Å². The highest BCUT2D eigenvalue weighted by Gasteiger charge is 2.17. The lowest BCUT2D eigenvalue weighted by Crippen LogP contribution is -2.48. The molecule has 24 heavy (non-hydrogen) atoms. The number of halogens is 1. The maximum absolute atomic E-state index is 11.7. The molecule has 0 saturated heterocycles. The summed E-state index contributed by atoms with van der Waals surface area (Å²) in [5.74, 6) is 11.8. The Morgan fingerprint density at radius 3 is 2.71 bits per heavy atom. The fourth-order valence-electron chi connectivity index (χ4n) is 2.17. The van der Waals surface area contributed by atoms with Crippen molar-refractivity contribution in [3.63, 3.8) is 0 Å². The van der Waals surface area contributed by atoms with E-state index in [-0.39, 0.29) is 12.4 Å². The number of phenols is 1. The number of anilines is 1. The number of carbonyl (C=O) groups is 1. The van der Waals surface area contributed by atoms with Gasteiger partial charge in [-0.05, 0) is 49.2 Å². The van der Waals surface area contributed by atoms with E-state index in [2.05, 4.69) is 15.9 Å². The molecular formula is C16H19BrN4O3. The summed E-state index contributed by atoms with van der Waals surface area (Å²) >= 11 is 3.44. The van der Waals surface area contributed by atoms with Crippen LogP contribution in [0.15, 0.2) is 34.8 Å². The van der Waals surface area contributed by atoms with Gasteiger partial charge in [0.2, 0.25) is 0 Å². The van der Waals surface area contributed by atoms with Crippen molar-refractivity contribution in [1.82, 2.24) is 5.43 Å². The number of nitrogens with two attached hydrogens (primary N) is 2. The Hall–Kier alpha value is -2.29. The number of carbonyl (C=O) groups excluding carboxylic acids is 1. The van der Waals surface area contributed by atoms with Crippen LogP contribution in [0.3, 0.4) is 0 Å². The normalized spacial score (nSPS) is 10.4. The Bertz CT molecular complexity index is 767. The summed E-state index contributed by atoms with van der Waals surface area (Å²) in [5, 5.41) is 10.6. The van der Waals surface area contributed by atoms with E-state index in [0.29, 0.717) is 22.6 Å². The molecule has 6 N–H and O–H groups in total. The average molecular weight is 395 g/mol. The summed E-state index contributed by atoms with van der Waals surface area (Å²) in [5.41, 5.74) is 4.65. The van der Waals surface area contributed by atoms with Crippen LogP contribution in [0, 0.1) is 13.8 Å². The number of hydrogen-bond donors (Lipinski definition) is 4. The minimum absolute atomic E-state index is 0.174. The Kier molecular flexibility index (Phi) is 5.66. The lowest BCUT2D eigenvalue weighted by atomic mass is 10.1. The van der Waals surface area contributed by atoms with Gasteiger partial charge in [0.05, 0.1) is 5.69 Å². The largest absolute Gasteiger partial charge is 0.508 e. The number of ether oxygens (including phenoxy) is 1. The fourth-order valence-corrected chi connectivity index (χ4v) is 2.64. The first kappa shape index (κ1) is 18.1. The number of aromatic hydroxyl groups is 1. The van der Waals surface area contributed by atoms with E-state index in [0.717, 1.165) is 15.0 Å². The summed E-state index contributed by atoms with van der Waals surface area (Å²) in [4.78, 5) is 11.7. The first-order chi connectivity index (χ1) is 11.3. The van der Waals surface area contributed by atoms with Crippen molar-refractivity contribution in [3.05, 3.63) is 51.5 Å². The molecule has 0 aliphatic rings. The zero-order valence-corrected chi connectivity index (χ0v) is 14.9. The second-order valence-corrected chi connectivity index (χ2v) is 6.10. The van der Waals surface area contributed by atoms with Gasteiger partial charge in [-0.3, -0.25) is 5.43 Å². The Morgan fingerprint density at radius 2 is 2.04 bits per heavy atom. The first-order valence-electron chi connectivity index (χ1n) is 7.11. The van der Waals surface area contributed by atoms with Gasteiger partial charge in [-0.1, -0.05) is 22.0 Å². The maximum atomic E-state index is 11.7. The van der Waals surface area contributed by atoms with Crippen molar-refractivity contribution in [2.24, 2.45) is 11.7 Å². The molecule has 0 aromatic heterocycles. The van der Waals surface area contributed by atoms with Gasteiger partial charge in [0, 0.05) is 10.0 Å². The number of amides is 2. The Labute approximate surface area is 148 Å². The lowest BCUT2D eigenvalue weighted by Gasteiger charge is -2.21. The SMILES string of the molecule is Cc1cc(OCc2c(Br)cccc2N(N)C(=O)NN)c(C)cc1O. The van der Waals surface area contributed by atoms with Crippen LogP contribution in [0.1, 0.15) is 16.7 Å². The monoisotopic (exact) mass is 394 g/mol. The smallest absolute Gasteiger partial charge is 0.350 e. The van der Waals surface area contributed by atoms with Crippen molar-refractivity contribution >= 4 is 27.6 Å². The van der Waals surface area contributed by atoms with Crippen LogP contribution < -0.4 is 26.9 Å². The van der Waals surface area contributed by atoms with Crippen molar-refractivity contribution in [1.29, 1.82) is 0 Å². The van der Waals surface area contributed by atoms with Gasteiger partial charge in [-0.25, -0.2) is 21.5 Å². The summed E-state index contributed by atoms with van der Waals surface area (Å²) in [7, 11) is 0. The zero-order chi connectivity index (χ0) is 17.9. The summed E-state index contributed by atoms with van der Waals surface area (Å²) in [6.45, 7) is 3.80. The van der Waals surface area contributed by atoms with Crippen molar-refractivity contribution in [2.45, 2.75) is 20.5 Å².